The van der Waals surface area contributed by atoms with Gasteiger partial charge in [0.2, 0.25) is 5.75 Å². The summed E-state index contributed by atoms with van der Waals surface area (Å²) in [5.74, 6) is -0.321. The molecule has 220 valence electrons. The summed E-state index contributed by atoms with van der Waals surface area (Å²) in [6, 6.07) is 24.8. The summed E-state index contributed by atoms with van der Waals surface area (Å²) in [5.41, 5.74) is 4.62. The molecule has 44 heavy (non-hydrogen) atoms. The number of benzene rings is 4. The minimum absolute atomic E-state index is 0.113. The number of carbonyl (C=O) groups excluding carboxylic acids is 1. The molecule has 0 aliphatic heterocycles. The van der Waals surface area contributed by atoms with Crippen LogP contribution < -0.4 is 14.9 Å². The average Bonchev–Trinajstić information content (AvgIpc) is 3.02. The summed E-state index contributed by atoms with van der Waals surface area (Å²) in [5, 5.41) is 27.5. The molecule has 0 radical (unpaired) electrons. The molecule has 0 unspecified atom stereocenters. The van der Waals surface area contributed by atoms with E-state index in [9.17, 15) is 25.0 Å². The predicted octanol–water partition coefficient (Wildman–Crippen LogP) is 7.44. The van der Waals surface area contributed by atoms with Crippen LogP contribution in [0.15, 0.2) is 101 Å². The lowest BCUT2D eigenvalue weighted by atomic mass is 10.0. The summed E-state index contributed by atoms with van der Waals surface area (Å²) in [6.45, 7) is 1.98. The van der Waals surface area contributed by atoms with Gasteiger partial charge in [-0.2, -0.15) is 5.10 Å². The van der Waals surface area contributed by atoms with Gasteiger partial charge in [0.25, 0.3) is 11.6 Å². The number of non-ortho nitro benzene ring substituents is 1. The number of halogens is 1. The molecule has 1 aromatic heterocycles. The van der Waals surface area contributed by atoms with Gasteiger partial charge in [0.15, 0.2) is 11.5 Å². The number of rotatable bonds is 10. The topological polar surface area (TPSA) is 159 Å². The van der Waals surface area contributed by atoms with Crippen molar-refractivity contribution in [1.82, 2.24) is 10.4 Å². The third kappa shape index (κ3) is 6.52. The van der Waals surface area contributed by atoms with E-state index in [1.54, 1.807) is 25.1 Å². The van der Waals surface area contributed by atoms with Crippen LogP contribution in [0.3, 0.4) is 0 Å². The van der Waals surface area contributed by atoms with E-state index < -0.39 is 27.1 Å². The number of hydrogen-bond acceptors (Lipinski definition) is 9. The van der Waals surface area contributed by atoms with Crippen LogP contribution in [0.25, 0.3) is 22.2 Å². The van der Waals surface area contributed by atoms with Gasteiger partial charge in [-0.25, -0.2) is 10.4 Å². The van der Waals surface area contributed by atoms with Crippen LogP contribution in [0.5, 0.6) is 17.2 Å². The summed E-state index contributed by atoms with van der Waals surface area (Å²) in [4.78, 5) is 39.1. The Bertz CT molecular complexity index is 1930. The van der Waals surface area contributed by atoms with Crippen molar-refractivity contribution in [2.75, 3.05) is 6.61 Å². The Kier molecular flexibility index (Phi) is 8.86. The number of amides is 1. The van der Waals surface area contributed by atoms with E-state index in [0.29, 0.717) is 32.2 Å². The molecule has 13 heteroatoms. The molecular formula is C31H22BrN5O7. The zero-order valence-electron chi connectivity index (χ0n) is 23.0. The number of nitrogens with zero attached hydrogens (tertiary/aromatic N) is 4. The summed E-state index contributed by atoms with van der Waals surface area (Å²) in [7, 11) is 0. The number of ether oxygens (including phenoxy) is 2. The van der Waals surface area contributed by atoms with Crippen molar-refractivity contribution >= 4 is 50.3 Å². The maximum Gasteiger partial charge on any atom is 0.318 e. The quantitative estimate of drug-likeness (QED) is 0.0923. The number of hydrazone groups is 1. The van der Waals surface area contributed by atoms with Gasteiger partial charge in [-0.3, -0.25) is 25.0 Å². The van der Waals surface area contributed by atoms with Crippen molar-refractivity contribution in [2.24, 2.45) is 5.10 Å². The summed E-state index contributed by atoms with van der Waals surface area (Å²) >= 11 is 3.40. The molecule has 1 heterocycles. The van der Waals surface area contributed by atoms with Gasteiger partial charge in [0, 0.05) is 17.0 Å². The molecule has 12 nitrogen and oxygen atoms in total. The second-order valence-corrected chi connectivity index (χ2v) is 10.0. The number of carbonyl (C=O) groups is 1. The standard InChI is InChI=1S/C31H22BrN5O7/c1-2-43-29-15-19(14-24(32)30(29)44-28-13-12-21(36(39)40)16-27(28)37(41)42)18-33-35-31(38)23-17-26(20-8-4-3-5-9-20)34-25-11-7-6-10-22(23)25/h3-18H,2H2,1H3,(H,35,38)/b33-18-. The number of pyridine rings is 1. The van der Waals surface area contributed by atoms with E-state index in [2.05, 4.69) is 26.5 Å². The number of aromatic nitrogens is 1. The molecule has 5 aromatic rings. The third-order valence-electron chi connectivity index (χ3n) is 6.30. The third-order valence-corrected chi connectivity index (χ3v) is 6.89. The Labute approximate surface area is 258 Å². The number of nitro groups is 2. The SMILES string of the molecule is CCOc1cc(/C=N\NC(=O)c2cc(-c3ccccc3)nc3ccccc23)cc(Br)c1Oc1ccc([N+](=O)[O-])cc1[N+](=O)[O-]. The van der Waals surface area contributed by atoms with Gasteiger partial charge >= 0.3 is 5.69 Å². The second-order valence-electron chi connectivity index (χ2n) is 9.17. The zero-order valence-corrected chi connectivity index (χ0v) is 24.6. The Morgan fingerprint density at radius 1 is 0.955 bits per heavy atom. The van der Waals surface area contributed by atoms with Crippen molar-refractivity contribution in [3.05, 3.63) is 127 Å². The smallest absolute Gasteiger partial charge is 0.318 e. The molecule has 0 saturated carbocycles. The molecule has 0 aliphatic rings. The van der Waals surface area contributed by atoms with Crippen molar-refractivity contribution in [3.8, 4) is 28.5 Å². The van der Waals surface area contributed by atoms with Gasteiger partial charge in [0.05, 0.1) is 50.0 Å². The van der Waals surface area contributed by atoms with Crippen LogP contribution in [0.1, 0.15) is 22.8 Å². The van der Waals surface area contributed by atoms with Crippen LogP contribution in [-0.4, -0.2) is 33.6 Å². The summed E-state index contributed by atoms with van der Waals surface area (Å²) in [6.07, 6.45) is 1.41. The fourth-order valence-electron chi connectivity index (χ4n) is 4.33. The Morgan fingerprint density at radius 3 is 2.43 bits per heavy atom. The van der Waals surface area contributed by atoms with Crippen LogP contribution >= 0.6 is 15.9 Å². The predicted molar refractivity (Wildman–Crippen MR) is 167 cm³/mol. The van der Waals surface area contributed by atoms with E-state index >= 15 is 0 Å². The maximum absolute atomic E-state index is 13.3. The van der Waals surface area contributed by atoms with Gasteiger partial charge in [-0.05, 0) is 58.7 Å². The van der Waals surface area contributed by atoms with E-state index in [-0.39, 0.29) is 23.9 Å². The zero-order chi connectivity index (χ0) is 31.2. The fourth-order valence-corrected chi connectivity index (χ4v) is 4.87. The molecule has 1 amide bonds. The normalized spacial score (nSPS) is 11.0. The monoisotopic (exact) mass is 655 g/mol. The van der Waals surface area contributed by atoms with E-state index in [1.165, 1.54) is 6.21 Å². The maximum atomic E-state index is 13.3. The van der Waals surface area contributed by atoms with Gasteiger partial charge < -0.3 is 9.47 Å². The van der Waals surface area contributed by atoms with Crippen LogP contribution in [0.4, 0.5) is 11.4 Å². The minimum Gasteiger partial charge on any atom is -0.490 e. The number of nitrogens with one attached hydrogen (secondary N) is 1. The Hall–Kier alpha value is -5.69. The first-order chi connectivity index (χ1) is 21.2. The largest absolute Gasteiger partial charge is 0.490 e. The molecule has 0 aliphatic carbocycles. The Morgan fingerprint density at radius 2 is 1.70 bits per heavy atom. The number of hydrogen-bond donors (Lipinski definition) is 1. The lowest BCUT2D eigenvalue weighted by Crippen LogP contribution is -2.18. The molecule has 0 fully saturated rings. The van der Waals surface area contributed by atoms with Crippen LogP contribution in [0.2, 0.25) is 0 Å². The second kappa shape index (κ2) is 13.1. The average molecular weight is 656 g/mol. The first-order valence-corrected chi connectivity index (χ1v) is 13.9. The molecule has 5 rings (SSSR count). The highest BCUT2D eigenvalue weighted by atomic mass is 79.9. The highest BCUT2D eigenvalue weighted by Gasteiger charge is 2.23. The minimum atomic E-state index is -0.769. The van der Waals surface area contributed by atoms with Gasteiger partial charge in [-0.1, -0.05) is 48.5 Å². The molecule has 4 aromatic carbocycles. The molecule has 0 bridgehead atoms. The number of para-hydroxylation sites is 1. The highest BCUT2D eigenvalue weighted by Crippen LogP contribution is 2.43. The van der Waals surface area contributed by atoms with E-state index in [1.807, 2.05) is 54.6 Å². The molecule has 0 atom stereocenters. The lowest BCUT2D eigenvalue weighted by molar-refractivity contribution is -0.394. The van der Waals surface area contributed by atoms with Crippen LogP contribution in [-0.2, 0) is 0 Å². The molecular weight excluding hydrogens is 634 g/mol. The summed E-state index contributed by atoms with van der Waals surface area (Å²) < 4.78 is 11.9. The van der Waals surface area contributed by atoms with Crippen molar-refractivity contribution in [2.45, 2.75) is 6.92 Å². The van der Waals surface area contributed by atoms with Crippen molar-refractivity contribution in [3.63, 3.8) is 0 Å². The van der Waals surface area contributed by atoms with E-state index in [0.717, 1.165) is 23.8 Å². The lowest BCUT2D eigenvalue weighted by Gasteiger charge is -2.14. The number of nitro benzene ring substituents is 2. The van der Waals surface area contributed by atoms with Gasteiger partial charge in [0.1, 0.15) is 0 Å². The van der Waals surface area contributed by atoms with Crippen LogP contribution in [0, 0.1) is 20.2 Å². The van der Waals surface area contributed by atoms with Gasteiger partial charge in [-0.15, -0.1) is 0 Å². The Balaban J connectivity index is 1.41. The first kappa shape index (κ1) is 29.8. The van der Waals surface area contributed by atoms with Crippen molar-refractivity contribution < 1.29 is 24.1 Å². The highest BCUT2D eigenvalue weighted by molar-refractivity contribution is 9.10. The van der Waals surface area contributed by atoms with Crippen molar-refractivity contribution in [1.29, 1.82) is 0 Å². The van der Waals surface area contributed by atoms with E-state index in [4.69, 9.17) is 14.5 Å². The first-order valence-electron chi connectivity index (χ1n) is 13.1. The fraction of sp³-hybridized carbons (Fsp3) is 0.0645. The molecule has 0 saturated heterocycles. The number of fused-ring (bicyclic) bond motifs is 1. The molecule has 1 N–H and O–H groups in total. The molecule has 0 spiro atoms.